The molecule has 0 aliphatic carbocycles. The molecule has 0 spiro atoms. The van der Waals surface area contributed by atoms with Gasteiger partial charge in [0.15, 0.2) is 23.9 Å². The average molecular weight is 347 g/mol. The summed E-state index contributed by atoms with van der Waals surface area (Å²) < 4.78 is 6.43. The Labute approximate surface area is 142 Å². The largest absolute Gasteiger partial charge is 0.504 e. The number of benzene rings is 1. The molecular formula is C15H17N5O5. The summed E-state index contributed by atoms with van der Waals surface area (Å²) in [6.07, 6.45) is 2.46. The molecule has 25 heavy (non-hydrogen) atoms. The highest BCUT2D eigenvalue weighted by Gasteiger charge is 2.19. The molecule has 0 unspecified atom stereocenters. The number of hydrogen-bond acceptors (Lipinski definition) is 7. The van der Waals surface area contributed by atoms with E-state index in [1.165, 1.54) is 16.8 Å². The van der Waals surface area contributed by atoms with Crippen LogP contribution in [0.2, 0.25) is 0 Å². The zero-order chi connectivity index (χ0) is 18.4. The van der Waals surface area contributed by atoms with Gasteiger partial charge in [-0.3, -0.25) is 4.79 Å². The molecule has 1 aromatic heterocycles. The lowest BCUT2D eigenvalue weighted by atomic mass is 10.2. The molecule has 1 amide bonds. The number of phenols is 1. The number of imidazole rings is 1. The molecule has 0 aliphatic heterocycles. The molecular weight excluding hydrogens is 330 g/mol. The van der Waals surface area contributed by atoms with Crippen LogP contribution in [0.3, 0.4) is 0 Å². The molecule has 10 nitrogen and oxygen atoms in total. The average Bonchev–Trinajstić information content (AvgIpc) is 2.92. The first-order valence-electron chi connectivity index (χ1n) is 7.36. The number of rotatable bonds is 7. The van der Waals surface area contributed by atoms with E-state index in [1.54, 1.807) is 26.0 Å². The van der Waals surface area contributed by atoms with Gasteiger partial charge in [0.05, 0.1) is 12.8 Å². The Morgan fingerprint density at radius 2 is 2.32 bits per heavy atom. The lowest BCUT2D eigenvalue weighted by molar-refractivity contribution is -0.392. The van der Waals surface area contributed by atoms with Gasteiger partial charge in [0.25, 0.3) is 5.91 Å². The van der Waals surface area contributed by atoms with Crippen LogP contribution < -0.4 is 10.2 Å². The van der Waals surface area contributed by atoms with Gasteiger partial charge in [-0.1, -0.05) is 0 Å². The molecule has 2 N–H and O–H groups in total. The molecule has 1 heterocycles. The number of carbonyl (C=O) groups is 1. The van der Waals surface area contributed by atoms with E-state index in [0.717, 1.165) is 6.20 Å². The highest BCUT2D eigenvalue weighted by Crippen LogP contribution is 2.26. The highest BCUT2D eigenvalue weighted by atomic mass is 16.6. The number of ether oxygens (including phenoxy) is 1. The third-order valence-electron chi connectivity index (χ3n) is 3.21. The van der Waals surface area contributed by atoms with E-state index >= 15 is 0 Å². The summed E-state index contributed by atoms with van der Waals surface area (Å²) in [6, 6.07) is 4.62. The lowest BCUT2D eigenvalue weighted by Gasteiger charge is -2.06. The van der Waals surface area contributed by atoms with Crippen molar-refractivity contribution in [3.05, 3.63) is 45.9 Å². The van der Waals surface area contributed by atoms with Gasteiger partial charge in [-0.2, -0.15) is 5.10 Å². The normalized spacial score (nSPS) is 10.8. The van der Waals surface area contributed by atoms with Gasteiger partial charge in [-0.25, -0.2) is 15.0 Å². The molecule has 0 aliphatic rings. The van der Waals surface area contributed by atoms with Crippen LogP contribution in [-0.4, -0.2) is 38.3 Å². The first kappa shape index (κ1) is 17.9. The van der Waals surface area contributed by atoms with E-state index in [9.17, 15) is 20.0 Å². The van der Waals surface area contributed by atoms with Crippen molar-refractivity contribution in [2.75, 3.05) is 6.61 Å². The van der Waals surface area contributed by atoms with E-state index in [1.807, 2.05) is 0 Å². The van der Waals surface area contributed by atoms with Crippen LogP contribution in [-0.2, 0) is 11.3 Å². The Kier molecular flexibility index (Phi) is 5.66. The lowest BCUT2D eigenvalue weighted by Crippen LogP contribution is -2.24. The maximum absolute atomic E-state index is 11.9. The second-order valence-corrected chi connectivity index (χ2v) is 4.96. The first-order valence-corrected chi connectivity index (χ1v) is 7.36. The molecule has 0 bridgehead atoms. The SMILES string of the molecule is CCOc1cc(/C=N/NC(=O)Cn2c([N+](=O)[O-])cnc2C)ccc1O. The summed E-state index contributed by atoms with van der Waals surface area (Å²) in [5.41, 5.74) is 2.89. The van der Waals surface area contributed by atoms with E-state index in [-0.39, 0.29) is 18.1 Å². The number of aromatic nitrogens is 2. The van der Waals surface area contributed by atoms with Gasteiger partial charge in [-0.15, -0.1) is 0 Å². The summed E-state index contributed by atoms with van der Waals surface area (Å²) in [7, 11) is 0. The van der Waals surface area contributed by atoms with Gasteiger partial charge < -0.3 is 20.0 Å². The van der Waals surface area contributed by atoms with Gasteiger partial charge >= 0.3 is 5.82 Å². The summed E-state index contributed by atoms with van der Waals surface area (Å²) in [5, 5.41) is 24.3. The molecule has 1 aromatic carbocycles. The predicted octanol–water partition coefficient (Wildman–Crippen LogP) is 1.35. The minimum atomic E-state index is -0.609. The summed E-state index contributed by atoms with van der Waals surface area (Å²) in [4.78, 5) is 26.0. The number of nitrogens with one attached hydrogen (secondary N) is 1. The van der Waals surface area contributed by atoms with Crippen LogP contribution >= 0.6 is 0 Å². The number of carbonyl (C=O) groups excluding carboxylic acids is 1. The molecule has 0 atom stereocenters. The van der Waals surface area contributed by atoms with Crippen molar-refractivity contribution in [2.24, 2.45) is 5.10 Å². The molecule has 0 saturated carbocycles. The first-order chi connectivity index (χ1) is 11.9. The van der Waals surface area contributed by atoms with Crippen molar-refractivity contribution < 1.29 is 19.6 Å². The number of nitro groups is 1. The molecule has 2 aromatic rings. The van der Waals surface area contributed by atoms with Gasteiger partial charge in [-0.05, 0) is 35.6 Å². The fraction of sp³-hybridized carbons (Fsp3) is 0.267. The van der Waals surface area contributed by atoms with Crippen LogP contribution in [0.15, 0.2) is 29.5 Å². The maximum Gasteiger partial charge on any atom is 0.343 e. The predicted molar refractivity (Wildman–Crippen MR) is 88.6 cm³/mol. The Balaban J connectivity index is 2.01. The Bertz CT molecular complexity index is 815. The van der Waals surface area contributed by atoms with Crippen LogP contribution in [0, 0.1) is 17.0 Å². The quantitative estimate of drug-likeness (QED) is 0.441. The second-order valence-electron chi connectivity index (χ2n) is 4.96. The van der Waals surface area contributed by atoms with E-state index in [0.29, 0.717) is 23.7 Å². The van der Waals surface area contributed by atoms with Crippen LogP contribution in [0.4, 0.5) is 5.82 Å². The van der Waals surface area contributed by atoms with Crippen LogP contribution in [0.1, 0.15) is 18.3 Å². The number of hydrogen-bond donors (Lipinski definition) is 2. The number of phenolic OH excluding ortho intramolecular Hbond substituents is 1. The van der Waals surface area contributed by atoms with E-state index < -0.39 is 10.8 Å². The fourth-order valence-corrected chi connectivity index (χ4v) is 2.04. The van der Waals surface area contributed by atoms with Gasteiger partial charge in [0, 0.05) is 6.92 Å². The third kappa shape index (κ3) is 4.53. The number of amides is 1. The molecule has 0 saturated heterocycles. The number of nitrogens with zero attached hydrogens (tertiary/aromatic N) is 4. The third-order valence-corrected chi connectivity index (χ3v) is 3.21. The minimum Gasteiger partial charge on any atom is -0.504 e. The Hall–Kier alpha value is -3.43. The summed E-state index contributed by atoms with van der Waals surface area (Å²) in [6.45, 7) is 3.47. The van der Waals surface area contributed by atoms with Gasteiger partial charge in [0.1, 0.15) is 6.20 Å². The number of hydrazone groups is 1. The molecule has 0 radical (unpaired) electrons. The Morgan fingerprint density at radius 1 is 1.56 bits per heavy atom. The van der Waals surface area contributed by atoms with E-state index in [4.69, 9.17) is 4.74 Å². The van der Waals surface area contributed by atoms with Crippen molar-refractivity contribution in [2.45, 2.75) is 20.4 Å². The second kappa shape index (κ2) is 7.90. The van der Waals surface area contributed by atoms with Crippen LogP contribution in [0.25, 0.3) is 0 Å². The fourth-order valence-electron chi connectivity index (χ4n) is 2.04. The van der Waals surface area contributed by atoms with Crippen molar-refractivity contribution in [1.29, 1.82) is 0 Å². The topological polar surface area (TPSA) is 132 Å². The monoisotopic (exact) mass is 347 g/mol. The standard InChI is InChI=1S/C15H17N5O5/c1-3-25-13-6-11(4-5-12(13)21)7-17-18-14(22)9-19-10(2)16-8-15(19)20(23)24/h4-8,21H,3,9H2,1-2H3,(H,18,22)/b17-7+. The van der Waals surface area contributed by atoms with Crippen molar-refractivity contribution in [3.8, 4) is 11.5 Å². The van der Waals surface area contributed by atoms with Gasteiger partial charge in [0.2, 0.25) is 0 Å². The number of aromatic hydroxyl groups is 1. The zero-order valence-corrected chi connectivity index (χ0v) is 13.7. The smallest absolute Gasteiger partial charge is 0.343 e. The molecule has 2 rings (SSSR count). The number of aryl methyl sites for hydroxylation is 1. The molecule has 0 fully saturated rings. The minimum absolute atomic E-state index is 0.00549. The van der Waals surface area contributed by atoms with Crippen molar-refractivity contribution in [1.82, 2.24) is 15.0 Å². The van der Waals surface area contributed by atoms with Crippen molar-refractivity contribution >= 4 is 17.9 Å². The Morgan fingerprint density at radius 3 is 3.00 bits per heavy atom. The van der Waals surface area contributed by atoms with Crippen molar-refractivity contribution in [3.63, 3.8) is 0 Å². The summed E-state index contributed by atoms with van der Waals surface area (Å²) >= 11 is 0. The zero-order valence-electron chi connectivity index (χ0n) is 13.7. The summed E-state index contributed by atoms with van der Waals surface area (Å²) in [5.74, 6) is -0.139. The molecule has 132 valence electrons. The molecule has 10 heteroatoms. The highest BCUT2D eigenvalue weighted by molar-refractivity contribution is 5.83. The van der Waals surface area contributed by atoms with E-state index in [2.05, 4.69) is 15.5 Å². The maximum atomic E-state index is 11.9. The van der Waals surface area contributed by atoms with Crippen LogP contribution in [0.5, 0.6) is 11.5 Å².